The molecule has 0 saturated carbocycles. The fourth-order valence-corrected chi connectivity index (χ4v) is 1.52. The maximum absolute atomic E-state index is 10.6. The molecule has 0 amide bonds. The van der Waals surface area contributed by atoms with E-state index < -0.39 is 56.0 Å². The Hall–Kier alpha value is -0.810. The average molecular weight is 268 g/mol. The van der Waals surface area contributed by atoms with Gasteiger partial charge in [0.1, 0.15) is 24.4 Å². The molecule has 9 nitrogen and oxygen atoms in total. The van der Waals surface area contributed by atoms with Crippen LogP contribution in [0.25, 0.3) is 0 Å². The Morgan fingerprint density at radius 2 is 1.78 bits per heavy atom. The molecular formula is C9H16O9. The monoisotopic (exact) mass is 268 g/mol. The minimum Gasteiger partial charge on any atom is -0.479 e. The van der Waals surface area contributed by atoms with Crippen LogP contribution in [-0.2, 0) is 14.3 Å². The van der Waals surface area contributed by atoms with Gasteiger partial charge in [-0.25, -0.2) is 4.79 Å². The molecule has 0 radical (unpaired) electrons. The van der Waals surface area contributed by atoms with Crippen molar-refractivity contribution in [2.75, 3.05) is 13.2 Å². The number of carboxylic acid groups (broad SMARTS) is 1. The van der Waals surface area contributed by atoms with E-state index in [-0.39, 0.29) is 0 Å². The molecule has 1 fully saturated rings. The Balaban J connectivity index is 2.72. The summed E-state index contributed by atoms with van der Waals surface area (Å²) in [5.41, 5.74) is 0. The lowest BCUT2D eigenvalue weighted by Gasteiger charge is -2.40. The number of aliphatic hydroxyl groups excluding tert-OH is 5. The number of aliphatic carboxylic acids is 1. The highest BCUT2D eigenvalue weighted by molar-refractivity contribution is 5.72. The fourth-order valence-electron chi connectivity index (χ4n) is 1.52. The molecule has 0 aromatic heterocycles. The molecule has 0 unspecified atom stereocenters. The van der Waals surface area contributed by atoms with Crippen LogP contribution in [0.4, 0.5) is 0 Å². The highest BCUT2D eigenvalue weighted by Gasteiger charge is 2.45. The molecule has 18 heavy (non-hydrogen) atoms. The smallest absolute Gasteiger partial charge is 0.335 e. The first-order chi connectivity index (χ1) is 8.42. The van der Waals surface area contributed by atoms with Crippen LogP contribution in [0.2, 0.25) is 0 Å². The van der Waals surface area contributed by atoms with Crippen molar-refractivity contribution in [1.29, 1.82) is 0 Å². The maximum Gasteiger partial charge on any atom is 0.335 e. The van der Waals surface area contributed by atoms with E-state index in [4.69, 9.17) is 24.8 Å². The Labute approximate surface area is 102 Å². The number of carbonyl (C=O) groups is 1. The standard InChI is InChI=1S/C9H16O9/c10-1-3-5(12)6(13)7(14)9(17-3)18-4(2-11)8(15)16/h3-7,9-14H,1-2H2,(H,15,16)/t3-,4+,5-,6+,7-,9-/m1/s1. The normalized spacial score (nSPS) is 38.4. The summed E-state index contributed by atoms with van der Waals surface area (Å²) in [5.74, 6) is -1.48. The van der Waals surface area contributed by atoms with Gasteiger partial charge in [0.05, 0.1) is 13.2 Å². The van der Waals surface area contributed by atoms with Crippen LogP contribution in [-0.4, -0.2) is 86.6 Å². The molecule has 1 aliphatic rings. The Morgan fingerprint density at radius 3 is 2.22 bits per heavy atom. The van der Waals surface area contributed by atoms with Gasteiger partial charge in [-0.3, -0.25) is 0 Å². The van der Waals surface area contributed by atoms with Crippen molar-refractivity contribution in [3.8, 4) is 0 Å². The molecular weight excluding hydrogens is 252 g/mol. The van der Waals surface area contributed by atoms with Crippen molar-refractivity contribution in [3.63, 3.8) is 0 Å². The minimum absolute atomic E-state index is 0.651. The highest BCUT2D eigenvalue weighted by atomic mass is 16.7. The second kappa shape index (κ2) is 6.38. The summed E-state index contributed by atoms with van der Waals surface area (Å²) in [7, 11) is 0. The number of carboxylic acids is 1. The van der Waals surface area contributed by atoms with Gasteiger partial charge in [-0.15, -0.1) is 0 Å². The van der Waals surface area contributed by atoms with Crippen molar-refractivity contribution in [2.45, 2.75) is 36.8 Å². The first-order valence-electron chi connectivity index (χ1n) is 5.22. The van der Waals surface area contributed by atoms with Gasteiger partial charge >= 0.3 is 5.97 Å². The number of aliphatic hydroxyl groups is 5. The molecule has 6 atom stereocenters. The van der Waals surface area contributed by atoms with E-state index in [9.17, 15) is 20.1 Å². The predicted octanol–water partition coefficient (Wildman–Crippen LogP) is -3.75. The largest absolute Gasteiger partial charge is 0.479 e. The summed E-state index contributed by atoms with van der Waals surface area (Å²) in [5, 5.41) is 54.7. The van der Waals surface area contributed by atoms with Crippen LogP contribution in [0.15, 0.2) is 0 Å². The maximum atomic E-state index is 10.6. The average Bonchev–Trinajstić information content (AvgIpc) is 2.35. The van der Waals surface area contributed by atoms with E-state index in [1.807, 2.05) is 0 Å². The first-order valence-corrected chi connectivity index (χ1v) is 5.22. The molecule has 0 spiro atoms. The highest BCUT2D eigenvalue weighted by Crippen LogP contribution is 2.22. The number of hydrogen-bond acceptors (Lipinski definition) is 8. The van der Waals surface area contributed by atoms with Crippen LogP contribution in [0.3, 0.4) is 0 Å². The van der Waals surface area contributed by atoms with Crippen molar-refractivity contribution in [2.24, 2.45) is 0 Å². The zero-order chi connectivity index (χ0) is 13.9. The van der Waals surface area contributed by atoms with E-state index >= 15 is 0 Å². The second-order valence-electron chi connectivity index (χ2n) is 3.84. The van der Waals surface area contributed by atoms with Gasteiger partial charge < -0.3 is 40.1 Å². The van der Waals surface area contributed by atoms with Gasteiger partial charge in [0.2, 0.25) is 0 Å². The molecule has 0 bridgehead atoms. The minimum atomic E-state index is -1.70. The lowest BCUT2D eigenvalue weighted by atomic mass is 9.99. The van der Waals surface area contributed by atoms with Gasteiger partial charge in [0, 0.05) is 0 Å². The zero-order valence-corrected chi connectivity index (χ0v) is 9.29. The topological polar surface area (TPSA) is 157 Å². The summed E-state index contributed by atoms with van der Waals surface area (Å²) < 4.78 is 9.67. The van der Waals surface area contributed by atoms with Gasteiger partial charge in [-0.2, -0.15) is 0 Å². The van der Waals surface area contributed by atoms with Crippen molar-refractivity contribution in [3.05, 3.63) is 0 Å². The number of ether oxygens (including phenoxy) is 2. The van der Waals surface area contributed by atoms with Crippen LogP contribution in [0.1, 0.15) is 0 Å². The molecule has 0 aliphatic carbocycles. The molecule has 106 valence electrons. The summed E-state index contributed by atoms with van der Waals surface area (Å²) >= 11 is 0. The molecule has 9 heteroatoms. The van der Waals surface area contributed by atoms with E-state index in [1.165, 1.54) is 0 Å². The third kappa shape index (κ3) is 3.14. The van der Waals surface area contributed by atoms with Gasteiger partial charge in [-0.05, 0) is 0 Å². The zero-order valence-electron chi connectivity index (χ0n) is 9.29. The third-order valence-electron chi connectivity index (χ3n) is 2.59. The number of rotatable bonds is 5. The Morgan fingerprint density at radius 1 is 1.17 bits per heavy atom. The molecule has 0 aromatic rings. The van der Waals surface area contributed by atoms with Crippen molar-refractivity contribution >= 4 is 5.97 Å². The van der Waals surface area contributed by atoms with Gasteiger partial charge in [0.15, 0.2) is 12.4 Å². The van der Waals surface area contributed by atoms with Crippen LogP contribution < -0.4 is 0 Å². The Bertz CT molecular complexity index is 281. The van der Waals surface area contributed by atoms with E-state index in [0.29, 0.717) is 0 Å². The molecule has 0 aromatic carbocycles. The quantitative estimate of drug-likeness (QED) is 0.294. The summed E-state index contributed by atoms with van der Waals surface area (Å²) in [6.45, 7) is -1.51. The van der Waals surface area contributed by atoms with Crippen molar-refractivity contribution < 1.29 is 44.9 Å². The molecule has 1 rings (SSSR count). The molecule has 1 aliphatic heterocycles. The van der Waals surface area contributed by atoms with Gasteiger partial charge in [-0.1, -0.05) is 0 Å². The summed E-state index contributed by atoms with van der Waals surface area (Å²) in [6.07, 6.45) is -9.32. The summed E-state index contributed by atoms with van der Waals surface area (Å²) in [6, 6.07) is 0. The number of hydrogen-bond donors (Lipinski definition) is 6. The first kappa shape index (κ1) is 15.2. The molecule has 6 N–H and O–H groups in total. The Kier molecular flexibility index (Phi) is 5.41. The van der Waals surface area contributed by atoms with Crippen LogP contribution in [0, 0.1) is 0 Å². The van der Waals surface area contributed by atoms with E-state index in [1.54, 1.807) is 0 Å². The van der Waals surface area contributed by atoms with Crippen molar-refractivity contribution in [1.82, 2.24) is 0 Å². The lowest BCUT2D eigenvalue weighted by molar-refractivity contribution is -0.311. The van der Waals surface area contributed by atoms with E-state index in [2.05, 4.69) is 0 Å². The molecule has 1 saturated heterocycles. The fraction of sp³-hybridized carbons (Fsp3) is 0.889. The third-order valence-corrected chi connectivity index (χ3v) is 2.59. The van der Waals surface area contributed by atoms with E-state index in [0.717, 1.165) is 0 Å². The van der Waals surface area contributed by atoms with Gasteiger partial charge in [0.25, 0.3) is 0 Å². The van der Waals surface area contributed by atoms with Crippen LogP contribution >= 0.6 is 0 Å². The SMILES string of the molecule is O=C(O)[C@H](CO)O[C@H]1O[C@H](CO)[C@@H](O)[C@H](O)[C@H]1O. The van der Waals surface area contributed by atoms with Crippen LogP contribution in [0.5, 0.6) is 0 Å². The predicted molar refractivity (Wildman–Crippen MR) is 53.4 cm³/mol. The lowest BCUT2D eigenvalue weighted by Crippen LogP contribution is -2.60. The summed E-state index contributed by atoms with van der Waals surface area (Å²) in [4.78, 5) is 10.6. The second-order valence-corrected chi connectivity index (χ2v) is 3.84. The molecule has 1 heterocycles.